The van der Waals surface area contributed by atoms with E-state index in [4.69, 9.17) is 5.73 Å². The molecule has 0 bridgehead atoms. The minimum absolute atomic E-state index is 0.00671. The standard InChI is InChI=1S/C13H9F2N5/c14-9-6-10(15)12(7-11(9)16)20-13(17-18-19-20)8-4-2-1-3-5-8/h1-7H,16H2. The fourth-order valence-corrected chi connectivity index (χ4v) is 1.83. The highest BCUT2D eigenvalue weighted by molar-refractivity contribution is 5.59. The predicted octanol–water partition coefficient (Wildman–Crippen LogP) is 2.19. The molecule has 1 aromatic heterocycles. The molecule has 3 aromatic rings. The van der Waals surface area contributed by atoms with Crippen LogP contribution in [-0.2, 0) is 0 Å². The van der Waals surface area contributed by atoms with Gasteiger partial charge in [0, 0.05) is 11.6 Å². The van der Waals surface area contributed by atoms with E-state index < -0.39 is 11.6 Å². The number of hydrogen-bond donors (Lipinski definition) is 1. The van der Waals surface area contributed by atoms with Crippen LogP contribution in [0.15, 0.2) is 42.5 Å². The summed E-state index contributed by atoms with van der Waals surface area (Å²) in [4.78, 5) is 0. The quantitative estimate of drug-likeness (QED) is 0.727. The largest absolute Gasteiger partial charge is 0.396 e. The van der Waals surface area contributed by atoms with Gasteiger partial charge in [-0.25, -0.2) is 8.78 Å². The van der Waals surface area contributed by atoms with Crippen LogP contribution in [0, 0.1) is 11.6 Å². The average molecular weight is 273 g/mol. The van der Waals surface area contributed by atoms with E-state index in [0.29, 0.717) is 17.5 Å². The second-order valence-corrected chi connectivity index (χ2v) is 4.11. The van der Waals surface area contributed by atoms with Crippen LogP contribution in [0.4, 0.5) is 14.5 Å². The molecule has 100 valence electrons. The van der Waals surface area contributed by atoms with Gasteiger partial charge in [0.15, 0.2) is 11.6 Å². The molecule has 0 unspecified atom stereocenters. The Morgan fingerprint density at radius 2 is 1.75 bits per heavy atom. The van der Waals surface area contributed by atoms with Crippen LogP contribution in [0.25, 0.3) is 17.1 Å². The Labute approximate surface area is 112 Å². The Bertz CT molecular complexity index is 755. The third kappa shape index (κ3) is 1.99. The molecule has 1 heterocycles. The molecule has 0 aliphatic rings. The lowest BCUT2D eigenvalue weighted by atomic mass is 10.2. The zero-order valence-electron chi connectivity index (χ0n) is 10.2. The highest BCUT2D eigenvalue weighted by Crippen LogP contribution is 2.24. The first-order chi connectivity index (χ1) is 9.66. The Hall–Kier alpha value is -2.83. The number of hydrogen-bond acceptors (Lipinski definition) is 4. The SMILES string of the molecule is Nc1cc(-n2nnnc2-c2ccccc2)c(F)cc1F. The second-order valence-electron chi connectivity index (χ2n) is 4.11. The second kappa shape index (κ2) is 4.69. The molecule has 0 atom stereocenters. The number of aromatic nitrogens is 4. The first kappa shape index (κ1) is 12.2. The van der Waals surface area contributed by atoms with E-state index in [1.165, 1.54) is 4.68 Å². The average Bonchev–Trinajstić information content (AvgIpc) is 2.93. The van der Waals surface area contributed by atoms with Gasteiger partial charge in [0.1, 0.15) is 11.5 Å². The highest BCUT2D eigenvalue weighted by atomic mass is 19.1. The molecule has 20 heavy (non-hydrogen) atoms. The fourth-order valence-electron chi connectivity index (χ4n) is 1.83. The van der Waals surface area contributed by atoms with E-state index in [1.807, 2.05) is 18.2 Å². The van der Waals surface area contributed by atoms with Crippen molar-refractivity contribution in [2.45, 2.75) is 0 Å². The van der Waals surface area contributed by atoms with Crippen molar-refractivity contribution in [3.63, 3.8) is 0 Å². The monoisotopic (exact) mass is 273 g/mol. The number of nitrogens with zero attached hydrogens (tertiary/aromatic N) is 4. The number of benzene rings is 2. The van der Waals surface area contributed by atoms with Gasteiger partial charge in [-0.3, -0.25) is 0 Å². The minimum atomic E-state index is -0.819. The molecule has 5 nitrogen and oxygen atoms in total. The molecule has 0 radical (unpaired) electrons. The molecule has 2 N–H and O–H groups in total. The fraction of sp³-hybridized carbons (Fsp3) is 0. The highest BCUT2D eigenvalue weighted by Gasteiger charge is 2.16. The lowest BCUT2D eigenvalue weighted by Gasteiger charge is -2.07. The van der Waals surface area contributed by atoms with Crippen LogP contribution in [0.5, 0.6) is 0 Å². The molecular formula is C13H9F2N5. The Kier molecular flexibility index (Phi) is 2.86. The van der Waals surface area contributed by atoms with Crippen molar-refractivity contribution in [1.29, 1.82) is 0 Å². The molecule has 0 aliphatic heterocycles. The lowest BCUT2D eigenvalue weighted by Crippen LogP contribution is -2.05. The summed E-state index contributed by atoms with van der Waals surface area (Å²) in [6.07, 6.45) is 0. The van der Waals surface area contributed by atoms with Gasteiger partial charge >= 0.3 is 0 Å². The van der Waals surface area contributed by atoms with Gasteiger partial charge in [0.2, 0.25) is 0 Å². The summed E-state index contributed by atoms with van der Waals surface area (Å²) in [6.45, 7) is 0. The molecule has 0 aliphatic carbocycles. The van der Waals surface area contributed by atoms with E-state index in [0.717, 1.165) is 6.07 Å². The molecule has 2 aromatic carbocycles. The Morgan fingerprint density at radius 3 is 2.50 bits per heavy atom. The molecular weight excluding hydrogens is 264 g/mol. The van der Waals surface area contributed by atoms with Crippen molar-refractivity contribution in [2.75, 3.05) is 5.73 Å². The van der Waals surface area contributed by atoms with E-state index in [2.05, 4.69) is 15.5 Å². The summed E-state index contributed by atoms with van der Waals surface area (Å²) in [6, 6.07) is 10.9. The molecule has 7 heteroatoms. The van der Waals surface area contributed by atoms with Crippen molar-refractivity contribution >= 4 is 5.69 Å². The van der Waals surface area contributed by atoms with Gasteiger partial charge in [-0.2, -0.15) is 4.68 Å². The van der Waals surface area contributed by atoms with Gasteiger partial charge in [-0.15, -0.1) is 5.10 Å². The number of nitrogen functional groups attached to an aromatic ring is 1. The van der Waals surface area contributed by atoms with Crippen LogP contribution >= 0.6 is 0 Å². The summed E-state index contributed by atoms with van der Waals surface area (Å²) < 4.78 is 28.3. The first-order valence-corrected chi connectivity index (χ1v) is 5.75. The van der Waals surface area contributed by atoms with Crippen molar-refractivity contribution in [2.24, 2.45) is 0 Å². The molecule has 0 fully saturated rings. The Morgan fingerprint density at radius 1 is 1.00 bits per heavy atom. The van der Waals surface area contributed by atoms with Gasteiger partial charge < -0.3 is 5.73 Å². The topological polar surface area (TPSA) is 69.6 Å². The van der Waals surface area contributed by atoms with E-state index >= 15 is 0 Å². The third-order valence-corrected chi connectivity index (χ3v) is 2.80. The number of anilines is 1. The van der Waals surface area contributed by atoms with Crippen LogP contribution in [0.1, 0.15) is 0 Å². The van der Waals surface area contributed by atoms with Gasteiger partial charge in [0.05, 0.1) is 5.69 Å². The minimum Gasteiger partial charge on any atom is -0.396 e. The van der Waals surface area contributed by atoms with Crippen LogP contribution in [-0.4, -0.2) is 20.2 Å². The normalized spacial score (nSPS) is 10.7. The van der Waals surface area contributed by atoms with E-state index in [1.54, 1.807) is 12.1 Å². The summed E-state index contributed by atoms with van der Waals surface area (Å²) in [5.41, 5.74) is 5.99. The van der Waals surface area contributed by atoms with Crippen molar-refractivity contribution in [1.82, 2.24) is 20.2 Å². The Balaban J connectivity index is 2.18. The summed E-state index contributed by atoms with van der Waals surface area (Å²) in [5, 5.41) is 11.1. The maximum Gasteiger partial charge on any atom is 0.187 e. The van der Waals surface area contributed by atoms with Gasteiger partial charge in [0.25, 0.3) is 0 Å². The number of halogens is 2. The smallest absolute Gasteiger partial charge is 0.187 e. The maximum atomic E-state index is 13.9. The van der Waals surface area contributed by atoms with Gasteiger partial charge in [-0.05, 0) is 16.5 Å². The van der Waals surface area contributed by atoms with Crippen molar-refractivity contribution < 1.29 is 8.78 Å². The van der Waals surface area contributed by atoms with Crippen LogP contribution in [0.2, 0.25) is 0 Å². The summed E-state index contributed by atoms with van der Waals surface area (Å²) >= 11 is 0. The molecule has 0 saturated carbocycles. The van der Waals surface area contributed by atoms with E-state index in [9.17, 15) is 8.78 Å². The number of nitrogens with two attached hydrogens (primary N) is 1. The molecule has 0 amide bonds. The van der Waals surface area contributed by atoms with Crippen LogP contribution in [0.3, 0.4) is 0 Å². The predicted molar refractivity (Wildman–Crippen MR) is 68.9 cm³/mol. The first-order valence-electron chi connectivity index (χ1n) is 5.75. The molecule has 0 saturated heterocycles. The van der Waals surface area contributed by atoms with E-state index in [-0.39, 0.29) is 11.4 Å². The zero-order valence-corrected chi connectivity index (χ0v) is 10.2. The maximum absolute atomic E-state index is 13.9. The van der Waals surface area contributed by atoms with Crippen LogP contribution < -0.4 is 5.73 Å². The summed E-state index contributed by atoms with van der Waals surface area (Å²) in [5.74, 6) is -1.27. The third-order valence-electron chi connectivity index (χ3n) is 2.80. The number of tetrazole rings is 1. The van der Waals surface area contributed by atoms with Gasteiger partial charge in [-0.1, -0.05) is 30.3 Å². The number of rotatable bonds is 2. The van der Waals surface area contributed by atoms with Crippen molar-refractivity contribution in [3.8, 4) is 17.1 Å². The summed E-state index contributed by atoms with van der Waals surface area (Å²) in [7, 11) is 0. The van der Waals surface area contributed by atoms with Crippen molar-refractivity contribution in [3.05, 3.63) is 54.1 Å². The lowest BCUT2D eigenvalue weighted by molar-refractivity contribution is 0.575. The molecule has 0 spiro atoms. The zero-order chi connectivity index (χ0) is 14.1. The molecule has 3 rings (SSSR count).